The molecule has 1 saturated heterocycles. The lowest BCUT2D eigenvalue weighted by Gasteiger charge is -2.33. The van der Waals surface area contributed by atoms with Crippen molar-refractivity contribution in [1.29, 1.82) is 0 Å². The predicted octanol–water partition coefficient (Wildman–Crippen LogP) is 2.55. The van der Waals surface area contributed by atoms with Gasteiger partial charge in [0.15, 0.2) is 0 Å². The Balaban J connectivity index is 1.42. The van der Waals surface area contributed by atoms with Crippen LogP contribution >= 0.6 is 0 Å². The minimum absolute atomic E-state index is 0.175. The van der Waals surface area contributed by atoms with Crippen LogP contribution in [-0.4, -0.2) is 43.6 Å². The second-order valence-electron chi connectivity index (χ2n) is 6.94. The van der Waals surface area contributed by atoms with Crippen LogP contribution in [0.3, 0.4) is 0 Å². The highest BCUT2D eigenvalue weighted by Gasteiger charge is 2.25. The molecule has 0 saturated carbocycles. The van der Waals surface area contributed by atoms with Crippen molar-refractivity contribution in [2.24, 2.45) is 5.92 Å². The van der Waals surface area contributed by atoms with E-state index in [9.17, 15) is 4.79 Å². The number of aromatic amines is 1. The molecule has 0 unspecified atom stereocenters. The van der Waals surface area contributed by atoms with Crippen LogP contribution in [-0.2, 0) is 17.8 Å². The summed E-state index contributed by atoms with van der Waals surface area (Å²) < 4.78 is 1.94. The van der Waals surface area contributed by atoms with Crippen molar-refractivity contribution >= 4 is 16.9 Å². The van der Waals surface area contributed by atoms with E-state index in [1.165, 1.54) is 11.3 Å². The van der Waals surface area contributed by atoms with E-state index in [4.69, 9.17) is 0 Å². The lowest BCUT2D eigenvalue weighted by Crippen LogP contribution is -2.42. The Hall–Kier alpha value is -2.63. The van der Waals surface area contributed by atoms with Crippen LogP contribution in [0.4, 0.5) is 0 Å². The largest absolute Gasteiger partial charge is 0.341 e. The van der Waals surface area contributed by atoms with Crippen molar-refractivity contribution in [2.45, 2.75) is 32.7 Å². The van der Waals surface area contributed by atoms with Gasteiger partial charge in [0.05, 0.1) is 23.6 Å². The summed E-state index contributed by atoms with van der Waals surface area (Å²) in [6, 6.07) is 7.93. The number of aromatic nitrogens is 4. The molecule has 0 spiro atoms. The molecule has 25 heavy (non-hydrogen) atoms. The molecule has 3 heterocycles. The summed E-state index contributed by atoms with van der Waals surface area (Å²) in [5.74, 6) is 0.672. The quantitative estimate of drug-likeness (QED) is 0.795. The molecule has 1 atom stereocenters. The zero-order valence-electron chi connectivity index (χ0n) is 14.5. The fourth-order valence-electron chi connectivity index (χ4n) is 3.71. The molecule has 1 amide bonds. The second kappa shape index (κ2) is 6.70. The summed E-state index contributed by atoms with van der Waals surface area (Å²) in [6.45, 7) is 4.11. The molecular weight excluding hydrogens is 314 g/mol. The van der Waals surface area contributed by atoms with Crippen molar-refractivity contribution in [2.75, 3.05) is 13.1 Å². The van der Waals surface area contributed by atoms with Gasteiger partial charge in [-0.15, -0.1) is 0 Å². The van der Waals surface area contributed by atoms with Crippen molar-refractivity contribution < 1.29 is 4.79 Å². The molecule has 0 bridgehead atoms. The second-order valence-corrected chi connectivity index (χ2v) is 6.94. The smallest absolute Gasteiger partial charge is 0.242 e. The van der Waals surface area contributed by atoms with E-state index in [2.05, 4.69) is 22.1 Å². The molecule has 1 N–H and O–H groups in total. The predicted molar refractivity (Wildman–Crippen MR) is 96.1 cm³/mol. The highest BCUT2D eigenvalue weighted by Crippen LogP contribution is 2.22. The number of H-pyrrole nitrogens is 1. The average molecular weight is 337 g/mol. The first-order chi connectivity index (χ1) is 12.2. The minimum atomic E-state index is 0.175. The topological polar surface area (TPSA) is 66.8 Å². The molecule has 0 radical (unpaired) electrons. The molecule has 1 aliphatic rings. The van der Waals surface area contributed by atoms with Gasteiger partial charge in [0, 0.05) is 18.8 Å². The maximum absolute atomic E-state index is 12.8. The number of benzene rings is 1. The number of hydrogen-bond donors (Lipinski definition) is 1. The normalized spacial score (nSPS) is 18.0. The van der Waals surface area contributed by atoms with Gasteiger partial charge in [-0.3, -0.25) is 9.89 Å². The van der Waals surface area contributed by atoms with E-state index in [0.29, 0.717) is 12.5 Å². The maximum atomic E-state index is 12.8. The number of rotatable bonds is 4. The van der Waals surface area contributed by atoms with Gasteiger partial charge < -0.3 is 9.47 Å². The molecule has 3 aromatic rings. The SMILES string of the molecule is Cc1cn[nH]c1C[C@H]1CCCN(C(=O)Cn2cnc3ccccc32)C1. The number of piperidine rings is 1. The number of nitrogens with one attached hydrogen (secondary N) is 1. The molecule has 0 aliphatic carbocycles. The van der Waals surface area contributed by atoms with Crippen LogP contribution in [0.5, 0.6) is 0 Å². The molecular formula is C19H23N5O. The van der Waals surface area contributed by atoms with Crippen molar-refractivity contribution in [3.8, 4) is 0 Å². The minimum Gasteiger partial charge on any atom is -0.341 e. The molecule has 6 nitrogen and oxygen atoms in total. The zero-order chi connectivity index (χ0) is 17.2. The Labute approximate surface area is 146 Å². The standard InChI is InChI=1S/C19H23N5O/c1-14-10-21-22-17(14)9-15-5-4-8-23(11-15)19(25)12-24-13-20-16-6-2-3-7-18(16)24/h2-3,6-7,10,13,15H,4-5,8-9,11-12H2,1H3,(H,21,22)/t15-/m1/s1. The Morgan fingerprint density at radius 1 is 1.36 bits per heavy atom. The van der Waals surface area contributed by atoms with Gasteiger partial charge in [-0.2, -0.15) is 5.10 Å². The number of carbonyl (C=O) groups excluding carboxylic acids is 1. The molecule has 1 aromatic carbocycles. The van der Waals surface area contributed by atoms with Crippen LogP contribution in [0.2, 0.25) is 0 Å². The third kappa shape index (κ3) is 3.29. The first-order valence-electron chi connectivity index (χ1n) is 8.87. The molecule has 1 fully saturated rings. The van der Waals surface area contributed by atoms with E-state index in [1.807, 2.05) is 39.9 Å². The Bertz CT molecular complexity index is 881. The fourth-order valence-corrected chi connectivity index (χ4v) is 3.71. The number of carbonyl (C=O) groups is 1. The summed E-state index contributed by atoms with van der Waals surface area (Å²) in [4.78, 5) is 19.2. The van der Waals surface area contributed by atoms with Gasteiger partial charge >= 0.3 is 0 Å². The first kappa shape index (κ1) is 15.9. The first-order valence-corrected chi connectivity index (χ1v) is 8.87. The molecule has 1 aliphatic heterocycles. The third-order valence-corrected chi connectivity index (χ3v) is 5.13. The Morgan fingerprint density at radius 2 is 2.24 bits per heavy atom. The fraction of sp³-hybridized carbons (Fsp3) is 0.421. The summed E-state index contributed by atoms with van der Waals surface area (Å²) >= 11 is 0. The maximum Gasteiger partial charge on any atom is 0.242 e. The number of nitrogens with zero attached hydrogens (tertiary/aromatic N) is 4. The molecule has 4 rings (SSSR count). The van der Waals surface area contributed by atoms with Crippen LogP contribution in [0.15, 0.2) is 36.8 Å². The van der Waals surface area contributed by atoms with Gasteiger partial charge in [0.2, 0.25) is 5.91 Å². The number of fused-ring (bicyclic) bond motifs is 1. The highest BCUT2D eigenvalue weighted by molar-refractivity contribution is 5.80. The van der Waals surface area contributed by atoms with Crippen LogP contribution in [0, 0.1) is 12.8 Å². The number of amides is 1. The van der Waals surface area contributed by atoms with Gasteiger partial charge in [0.25, 0.3) is 0 Å². The van der Waals surface area contributed by atoms with Crippen LogP contribution in [0.1, 0.15) is 24.1 Å². The van der Waals surface area contributed by atoms with Gasteiger partial charge in [-0.1, -0.05) is 12.1 Å². The highest BCUT2D eigenvalue weighted by atomic mass is 16.2. The number of para-hydroxylation sites is 2. The van der Waals surface area contributed by atoms with E-state index in [1.54, 1.807) is 6.33 Å². The molecule has 130 valence electrons. The van der Waals surface area contributed by atoms with Crippen LogP contribution in [0.25, 0.3) is 11.0 Å². The lowest BCUT2D eigenvalue weighted by atomic mass is 9.92. The Kier molecular flexibility index (Phi) is 4.26. The number of likely N-dealkylation sites (tertiary alicyclic amines) is 1. The van der Waals surface area contributed by atoms with Gasteiger partial charge in [-0.25, -0.2) is 4.98 Å². The lowest BCUT2D eigenvalue weighted by molar-refractivity contribution is -0.133. The monoisotopic (exact) mass is 337 g/mol. The van der Waals surface area contributed by atoms with Crippen molar-refractivity contribution in [1.82, 2.24) is 24.6 Å². The average Bonchev–Trinajstić information content (AvgIpc) is 3.22. The van der Waals surface area contributed by atoms with E-state index in [-0.39, 0.29) is 5.91 Å². The molecule has 6 heteroatoms. The number of hydrogen-bond acceptors (Lipinski definition) is 3. The summed E-state index contributed by atoms with van der Waals surface area (Å²) in [7, 11) is 0. The number of aryl methyl sites for hydroxylation is 1. The van der Waals surface area contributed by atoms with E-state index in [0.717, 1.165) is 43.4 Å². The van der Waals surface area contributed by atoms with Gasteiger partial charge in [0.1, 0.15) is 6.54 Å². The summed E-state index contributed by atoms with van der Waals surface area (Å²) in [5.41, 5.74) is 4.34. The van der Waals surface area contributed by atoms with Crippen molar-refractivity contribution in [3.05, 3.63) is 48.0 Å². The Morgan fingerprint density at radius 3 is 3.08 bits per heavy atom. The third-order valence-electron chi connectivity index (χ3n) is 5.13. The summed E-state index contributed by atoms with van der Waals surface area (Å²) in [5, 5.41) is 7.19. The van der Waals surface area contributed by atoms with E-state index < -0.39 is 0 Å². The zero-order valence-corrected chi connectivity index (χ0v) is 14.5. The van der Waals surface area contributed by atoms with Gasteiger partial charge in [-0.05, 0) is 49.8 Å². The van der Waals surface area contributed by atoms with Crippen molar-refractivity contribution in [3.63, 3.8) is 0 Å². The van der Waals surface area contributed by atoms with E-state index >= 15 is 0 Å². The van der Waals surface area contributed by atoms with Crippen LogP contribution < -0.4 is 0 Å². The molecule has 2 aromatic heterocycles. The number of imidazole rings is 1. The summed E-state index contributed by atoms with van der Waals surface area (Å²) in [6.07, 6.45) is 6.82.